The average molecular weight is 230 g/mol. The van der Waals surface area contributed by atoms with Crippen molar-refractivity contribution in [1.82, 2.24) is 0 Å². The van der Waals surface area contributed by atoms with Crippen molar-refractivity contribution >= 4 is 12.6 Å². The van der Waals surface area contributed by atoms with Crippen molar-refractivity contribution in [3.05, 3.63) is 29.8 Å². The van der Waals surface area contributed by atoms with Crippen LogP contribution in [0.4, 0.5) is 0 Å². The van der Waals surface area contributed by atoms with Crippen LogP contribution in [0, 0.1) is 0 Å². The van der Waals surface area contributed by atoms with E-state index >= 15 is 0 Å². The fraction of sp³-hybridized carbons (Fsp3) is 0.571. The molecule has 1 aliphatic carbocycles. The van der Waals surface area contributed by atoms with Crippen molar-refractivity contribution in [3.63, 3.8) is 0 Å². The molecular formula is C14H19BO2. The third-order valence-corrected chi connectivity index (χ3v) is 3.86. The first kappa shape index (κ1) is 11.3. The summed E-state index contributed by atoms with van der Waals surface area (Å²) in [6.07, 6.45) is 2.60. The molecule has 0 aromatic heterocycles. The third kappa shape index (κ3) is 2.14. The summed E-state index contributed by atoms with van der Waals surface area (Å²) >= 11 is 0. The number of benzene rings is 1. The van der Waals surface area contributed by atoms with Crippen LogP contribution in [0.1, 0.15) is 39.2 Å². The summed E-state index contributed by atoms with van der Waals surface area (Å²) in [6.45, 7) is 7.13. The van der Waals surface area contributed by atoms with Crippen LogP contribution >= 0.6 is 0 Å². The molecule has 1 heterocycles. The quantitative estimate of drug-likeness (QED) is 0.725. The smallest absolute Gasteiger partial charge is 0.404 e. The van der Waals surface area contributed by atoms with E-state index in [1.165, 1.54) is 18.4 Å². The van der Waals surface area contributed by atoms with Crippen molar-refractivity contribution in [2.24, 2.45) is 0 Å². The van der Waals surface area contributed by atoms with Crippen LogP contribution in [0.15, 0.2) is 24.3 Å². The topological polar surface area (TPSA) is 18.5 Å². The van der Waals surface area contributed by atoms with E-state index in [0.29, 0.717) is 12.0 Å². The maximum absolute atomic E-state index is 5.90. The second kappa shape index (κ2) is 3.60. The Balaban J connectivity index is 1.84. The van der Waals surface area contributed by atoms with Crippen LogP contribution in [0.25, 0.3) is 0 Å². The monoisotopic (exact) mass is 230 g/mol. The Kier molecular flexibility index (Phi) is 2.39. The molecule has 1 aliphatic heterocycles. The van der Waals surface area contributed by atoms with E-state index in [1.807, 2.05) is 0 Å². The van der Waals surface area contributed by atoms with Gasteiger partial charge in [-0.1, -0.05) is 31.2 Å². The largest absolute Gasteiger partial charge is 0.494 e. The maximum atomic E-state index is 5.90. The van der Waals surface area contributed by atoms with Gasteiger partial charge in [0, 0.05) is 0 Å². The van der Waals surface area contributed by atoms with Gasteiger partial charge >= 0.3 is 7.12 Å². The van der Waals surface area contributed by atoms with Crippen molar-refractivity contribution in [2.45, 2.75) is 44.6 Å². The van der Waals surface area contributed by atoms with Crippen molar-refractivity contribution in [2.75, 3.05) is 6.61 Å². The number of hydrogen-bond donors (Lipinski definition) is 0. The molecule has 0 spiro atoms. The summed E-state index contributed by atoms with van der Waals surface area (Å²) in [4.78, 5) is 0. The minimum absolute atomic E-state index is 0.163. The summed E-state index contributed by atoms with van der Waals surface area (Å²) in [5.74, 6) is 0. The van der Waals surface area contributed by atoms with E-state index in [-0.39, 0.29) is 12.7 Å². The first-order valence-electron chi connectivity index (χ1n) is 6.38. The van der Waals surface area contributed by atoms with Crippen molar-refractivity contribution in [1.29, 1.82) is 0 Å². The van der Waals surface area contributed by atoms with Gasteiger partial charge in [0.25, 0.3) is 0 Å². The van der Waals surface area contributed by atoms with Crippen LogP contribution in [0.3, 0.4) is 0 Å². The molecule has 0 amide bonds. The predicted molar refractivity (Wildman–Crippen MR) is 69.5 cm³/mol. The van der Waals surface area contributed by atoms with E-state index in [2.05, 4.69) is 45.0 Å². The van der Waals surface area contributed by atoms with Crippen LogP contribution < -0.4 is 5.46 Å². The molecule has 0 bridgehead atoms. The van der Waals surface area contributed by atoms with Crippen molar-refractivity contribution in [3.8, 4) is 0 Å². The maximum Gasteiger partial charge on any atom is 0.494 e. The van der Waals surface area contributed by atoms with Gasteiger partial charge in [-0.15, -0.1) is 0 Å². The molecule has 3 rings (SSSR count). The van der Waals surface area contributed by atoms with Gasteiger partial charge in [-0.25, -0.2) is 0 Å². The van der Waals surface area contributed by atoms with E-state index in [4.69, 9.17) is 9.31 Å². The highest BCUT2D eigenvalue weighted by Crippen LogP contribution is 2.47. The molecule has 17 heavy (non-hydrogen) atoms. The lowest BCUT2D eigenvalue weighted by Crippen LogP contribution is -2.34. The molecule has 1 saturated carbocycles. The Morgan fingerprint density at radius 3 is 2.53 bits per heavy atom. The summed E-state index contributed by atoms with van der Waals surface area (Å²) in [5, 5.41) is 0. The first-order valence-corrected chi connectivity index (χ1v) is 6.38. The third-order valence-electron chi connectivity index (χ3n) is 3.86. The fourth-order valence-corrected chi connectivity index (χ4v) is 2.34. The molecule has 2 aliphatic rings. The van der Waals surface area contributed by atoms with Gasteiger partial charge in [0.05, 0.1) is 12.2 Å². The van der Waals surface area contributed by atoms with Gasteiger partial charge in [-0.05, 0) is 43.1 Å². The fourth-order valence-electron chi connectivity index (χ4n) is 2.34. The van der Waals surface area contributed by atoms with Crippen LogP contribution in [0.2, 0.25) is 0 Å². The zero-order valence-corrected chi connectivity index (χ0v) is 10.8. The normalized spacial score (nSPS) is 25.0. The molecule has 90 valence electrons. The van der Waals surface area contributed by atoms with E-state index in [0.717, 1.165) is 5.46 Å². The second-order valence-corrected chi connectivity index (χ2v) is 6.21. The molecule has 2 fully saturated rings. The molecular weight excluding hydrogens is 211 g/mol. The zero-order chi connectivity index (χ0) is 12.1. The Hall–Kier alpha value is -0.795. The molecule has 3 heteroatoms. The molecule has 0 unspecified atom stereocenters. The van der Waals surface area contributed by atoms with Gasteiger partial charge in [0.2, 0.25) is 0 Å². The standard InChI is InChI=1S/C14H19BO2/c1-13(2)10-16-15(17-13)12-6-4-5-11(9-12)14(3)7-8-14/h4-6,9H,7-8,10H2,1-3H3. The highest BCUT2D eigenvalue weighted by atomic mass is 16.7. The summed E-state index contributed by atoms with van der Waals surface area (Å²) in [7, 11) is -0.188. The molecule has 0 atom stereocenters. The Bertz CT molecular complexity index is 438. The summed E-state index contributed by atoms with van der Waals surface area (Å²) in [5.41, 5.74) is 2.82. The summed E-state index contributed by atoms with van der Waals surface area (Å²) < 4.78 is 11.6. The minimum atomic E-state index is -0.188. The highest BCUT2D eigenvalue weighted by molar-refractivity contribution is 6.61. The van der Waals surface area contributed by atoms with Gasteiger partial charge < -0.3 is 9.31 Å². The van der Waals surface area contributed by atoms with Gasteiger partial charge in [-0.3, -0.25) is 0 Å². The number of rotatable bonds is 2. The zero-order valence-electron chi connectivity index (χ0n) is 10.8. The molecule has 1 aromatic rings. The Morgan fingerprint density at radius 2 is 1.94 bits per heavy atom. The molecule has 1 aromatic carbocycles. The lowest BCUT2D eigenvalue weighted by Gasteiger charge is -2.16. The average Bonchev–Trinajstić information content (AvgIpc) is 2.94. The molecule has 0 radical (unpaired) electrons. The van der Waals surface area contributed by atoms with Crippen LogP contribution in [-0.4, -0.2) is 19.3 Å². The van der Waals surface area contributed by atoms with E-state index in [9.17, 15) is 0 Å². The molecule has 1 saturated heterocycles. The molecule has 0 N–H and O–H groups in total. The second-order valence-electron chi connectivity index (χ2n) is 6.21. The number of hydrogen-bond acceptors (Lipinski definition) is 2. The lowest BCUT2D eigenvalue weighted by atomic mass is 9.77. The predicted octanol–water partition coefficient (Wildman–Crippen LogP) is 2.26. The van der Waals surface area contributed by atoms with Gasteiger partial charge in [0.1, 0.15) is 0 Å². The van der Waals surface area contributed by atoms with Gasteiger partial charge in [0.15, 0.2) is 0 Å². The highest BCUT2D eigenvalue weighted by Gasteiger charge is 2.41. The minimum Gasteiger partial charge on any atom is -0.404 e. The molecule has 2 nitrogen and oxygen atoms in total. The van der Waals surface area contributed by atoms with Crippen LogP contribution in [0.5, 0.6) is 0 Å². The summed E-state index contributed by atoms with van der Waals surface area (Å²) in [6, 6.07) is 8.68. The first-order chi connectivity index (χ1) is 7.99. The SMILES string of the molecule is CC1(C)COB(c2cccc(C3(C)CC3)c2)O1. The lowest BCUT2D eigenvalue weighted by molar-refractivity contribution is 0.137. The van der Waals surface area contributed by atoms with E-state index in [1.54, 1.807) is 0 Å². The Morgan fingerprint density at radius 1 is 1.18 bits per heavy atom. The van der Waals surface area contributed by atoms with Gasteiger partial charge in [-0.2, -0.15) is 0 Å². The van der Waals surface area contributed by atoms with E-state index < -0.39 is 0 Å². The van der Waals surface area contributed by atoms with Crippen LogP contribution in [-0.2, 0) is 14.7 Å². The van der Waals surface area contributed by atoms with Crippen molar-refractivity contribution < 1.29 is 9.31 Å². The Labute approximate surface area is 103 Å².